The van der Waals surface area contributed by atoms with E-state index in [1.54, 1.807) is 6.07 Å². The molecule has 7 heteroatoms. The number of nitrogens with zero attached hydrogens (tertiary/aromatic N) is 1. The first-order valence-electron chi connectivity index (χ1n) is 8.50. The van der Waals surface area contributed by atoms with Crippen molar-refractivity contribution in [3.63, 3.8) is 0 Å². The first-order valence-corrected chi connectivity index (χ1v) is 10.1. The molecule has 0 aliphatic rings. The second-order valence-corrected chi connectivity index (χ2v) is 8.17. The van der Waals surface area contributed by atoms with Crippen molar-refractivity contribution >= 4 is 54.0 Å². The number of hydrogen-bond donors (Lipinski definition) is 1. The number of halogens is 1. The number of thiazole rings is 1. The number of anilines is 1. The Labute approximate surface area is 163 Å². The van der Waals surface area contributed by atoms with Crippen LogP contribution in [0, 0.1) is 5.82 Å². The van der Waals surface area contributed by atoms with Gasteiger partial charge in [-0.15, -0.1) is 11.3 Å². The van der Waals surface area contributed by atoms with Gasteiger partial charge < -0.3 is 4.74 Å². The molecule has 1 amide bonds. The fourth-order valence-corrected chi connectivity index (χ4v) is 5.07. The Bertz CT molecular complexity index is 1150. The first-order chi connectivity index (χ1) is 13.1. The molecule has 4 rings (SSSR count). The number of nitrogens with one attached hydrogen (secondary N) is 1. The number of thiophene rings is 1. The van der Waals surface area contributed by atoms with Gasteiger partial charge in [0, 0.05) is 22.8 Å². The summed E-state index contributed by atoms with van der Waals surface area (Å²) in [5.41, 5.74) is 2.65. The van der Waals surface area contributed by atoms with Gasteiger partial charge in [0.05, 0.1) is 21.7 Å². The average molecular weight is 401 g/mol. The minimum atomic E-state index is -0.345. The van der Waals surface area contributed by atoms with Crippen LogP contribution in [0.2, 0.25) is 0 Å². The lowest BCUT2D eigenvalue weighted by Crippen LogP contribution is -2.12. The molecule has 4 aromatic rings. The van der Waals surface area contributed by atoms with E-state index in [-0.39, 0.29) is 18.3 Å². The fraction of sp³-hybridized carbons (Fsp3) is 0.200. The Morgan fingerprint density at radius 3 is 2.85 bits per heavy atom. The number of hydrogen-bond acceptors (Lipinski definition) is 5. The van der Waals surface area contributed by atoms with E-state index in [4.69, 9.17) is 4.74 Å². The quantitative estimate of drug-likeness (QED) is 0.474. The summed E-state index contributed by atoms with van der Waals surface area (Å²) in [5.74, 6) is -0.639. The van der Waals surface area contributed by atoms with Gasteiger partial charge in [0.25, 0.3) is 5.91 Å². The third kappa shape index (κ3) is 3.34. The van der Waals surface area contributed by atoms with E-state index in [1.807, 2.05) is 18.2 Å². The lowest BCUT2D eigenvalue weighted by atomic mass is 10.1. The highest BCUT2D eigenvalue weighted by Gasteiger charge is 2.21. The van der Waals surface area contributed by atoms with E-state index in [2.05, 4.69) is 23.3 Å². The summed E-state index contributed by atoms with van der Waals surface area (Å²) < 4.78 is 21.3. The molecule has 0 radical (unpaired) electrons. The molecule has 4 nitrogen and oxygen atoms in total. The Hall–Kier alpha value is -2.35. The molecule has 0 aliphatic carbocycles. The van der Waals surface area contributed by atoms with Crippen LogP contribution < -0.4 is 5.32 Å². The SMILES string of the molecule is CCc1ccc2nc(NC(=O)c3sc4cccc(F)c4c3COC)sc2c1. The number of aryl methyl sites for hydroxylation is 1. The Balaban J connectivity index is 1.70. The maximum atomic E-state index is 14.3. The predicted octanol–water partition coefficient (Wildman–Crippen LogP) is 5.61. The number of benzene rings is 2. The molecule has 0 unspecified atom stereocenters. The number of fused-ring (bicyclic) bond motifs is 2. The Kier molecular flexibility index (Phi) is 4.90. The monoisotopic (exact) mass is 400 g/mol. The van der Waals surface area contributed by atoms with Gasteiger partial charge in [-0.3, -0.25) is 10.1 Å². The topological polar surface area (TPSA) is 51.2 Å². The van der Waals surface area contributed by atoms with Crippen LogP contribution in [0.25, 0.3) is 20.3 Å². The molecule has 0 atom stereocenters. The van der Waals surface area contributed by atoms with Crippen LogP contribution in [0.1, 0.15) is 27.7 Å². The molecule has 2 heterocycles. The van der Waals surface area contributed by atoms with Gasteiger partial charge in [-0.2, -0.15) is 0 Å². The van der Waals surface area contributed by atoms with Crippen LogP contribution in [0.4, 0.5) is 9.52 Å². The normalized spacial score (nSPS) is 11.4. The second-order valence-electron chi connectivity index (χ2n) is 6.08. The largest absolute Gasteiger partial charge is 0.380 e. The molecule has 0 aliphatic heterocycles. The van der Waals surface area contributed by atoms with Gasteiger partial charge in [0.1, 0.15) is 5.82 Å². The maximum absolute atomic E-state index is 14.3. The van der Waals surface area contributed by atoms with E-state index < -0.39 is 0 Å². The minimum absolute atomic E-state index is 0.170. The van der Waals surface area contributed by atoms with E-state index in [0.29, 0.717) is 21.0 Å². The summed E-state index contributed by atoms with van der Waals surface area (Å²) in [4.78, 5) is 17.8. The molecule has 1 N–H and O–H groups in total. The fourth-order valence-electron chi connectivity index (χ4n) is 3.03. The van der Waals surface area contributed by atoms with Crippen molar-refractivity contribution in [2.45, 2.75) is 20.0 Å². The lowest BCUT2D eigenvalue weighted by Gasteiger charge is -2.04. The van der Waals surface area contributed by atoms with Crippen molar-refractivity contribution < 1.29 is 13.9 Å². The highest BCUT2D eigenvalue weighted by Crippen LogP contribution is 2.35. The van der Waals surface area contributed by atoms with Gasteiger partial charge >= 0.3 is 0 Å². The van der Waals surface area contributed by atoms with Crippen molar-refractivity contribution in [3.8, 4) is 0 Å². The highest BCUT2D eigenvalue weighted by molar-refractivity contribution is 7.23. The van der Waals surface area contributed by atoms with E-state index in [0.717, 1.165) is 21.3 Å². The summed E-state index contributed by atoms with van der Waals surface area (Å²) in [7, 11) is 1.53. The van der Waals surface area contributed by atoms with Crippen molar-refractivity contribution in [3.05, 3.63) is 58.2 Å². The van der Waals surface area contributed by atoms with E-state index in [9.17, 15) is 9.18 Å². The summed E-state index contributed by atoms with van der Waals surface area (Å²) in [5, 5.41) is 3.85. The molecule has 0 saturated carbocycles. The third-order valence-electron chi connectivity index (χ3n) is 4.34. The Morgan fingerprint density at radius 2 is 2.07 bits per heavy atom. The van der Waals surface area contributed by atoms with Crippen LogP contribution >= 0.6 is 22.7 Å². The summed E-state index contributed by atoms with van der Waals surface area (Å²) >= 11 is 2.70. The zero-order valence-corrected chi connectivity index (χ0v) is 16.5. The minimum Gasteiger partial charge on any atom is -0.380 e. The molecule has 0 saturated heterocycles. The number of aromatic nitrogens is 1. The molecule has 138 valence electrons. The van der Waals surface area contributed by atoms with Gasteiger partial charge in [0.15, 0.2) is 5.13 Å². The second kappa shape index (κ2) is 7.34. The van der Waals surface area contributed by atoms with Crippen LogP contribution in [0.5, 0.6) is 0 Å². The van der Waals surface area contributed by atoms with Gasteiger partial charge in [-0.05, 0) is 36.2 Å². The smallest absolute Gasteiger partial charge is 0.267 e. The van der Waals surface area contributed by atoms with Gasteiger partial charge in [0.2, 0.25) is 0 Å². The molecule has 2 aromatic heterocycles. The number of ether oxygens (including phenoxy) is 1. The predicted molar refractivity (Wildman–Crippen MR) is 109 cm³/mol. The molecule has 0 fully saturated rings. The zero-order chi connectivity index (χ0) is 19.0. The highest BCUT2D eigenvalue weighted by atomic mass is 32.1. The van der Waals surface area contributed by atoms with Crippen LogP contribution in [-0.4, -0.2) is 18.0 Å². The lowest BCUT2D eigenvalue weighted by molar-refractivity contribution is 0.102. The number of rotatable bonds is 5. The van der Waals surface area contributed by atoms with Crippen LogP contribution in [0.15, 0.2) is 36.4 Å². The van der Waals surface area contributed by atoms with E-state index >= 15 is 0 Å². The third-order valence-corrected chi connectivity index (χ3v) is 6.47. The average Bonchev–Trinajstić information content (AvgIpc) is 3.23. The Morgan fingerprint density at radius 1 is 1.22 bits per heavy atom. The number of methoxy groups -OCH3 is 1. The van der Waals surface area contributed by atoms with Crippen molar-refractivity contribution in [1.29, 1.82) is 0 Å². The maximum Gasteiger partial charge on any atom is 0.267 e. The summed E-state index contributed by atoms with van der Waals surface area (Å²) in [6, 6.07) is 10.9. The van der Waals surface area contributed by atoms with Crippen molar-refractivity contribution in [2.75, 3.05) is 12.4 Å². The van der Waals surface area contributed by atoms with Gasteiger partial charge in [-0.1, -0.05) is 30.4 Å². The molecular weight excluding hydrogens is 383 g/mol. The van der Waals surface area contributed by atoms with Gasteiger partial charge in [-0.25, -0.2) is 9.37 Å². The van der Waals surface area contributed by atoms with Crippen molar-refractivity contribution in [1.82, 2.24) is 4.98 Å². The zero-order valence-electron chi connectivity index (χ0n) is 14.8. The number of carbonyl (C=O) groups is 1. The molecule has 0 spiro atoms. The number of amides is 1. The summed E-state index contributed by atoms with van der Waals surface area (Å²) in [6.45, 7) is 2.27. The first kappa shape index (κ1) is 18.0. The van der Waals surface area contributed by atoms with Crippen LogP contribution in [-0.2, 0) is 17.8 Å². The standard InChI is InChI=1S/C20H17FN2O2S2/c1-3-11-7-8-14-16(9-11)27-20(22-14)23-19(24)18-12(10-25-2)17-13(21)5-4-6-15(17)26-18/h4-9H,3,10H2,1-2H3,(H,22,23,24). The molecular formula is C20H17FN2O2S2. The molecule has 2 aromatic carbocycles. The molecule has 27 heavy (non-hydrogen) atoms. The van der Waals surface area contributed by atoms with Crippen LogP contribution in [0.3, 0.4) is 0 Å². The number of carbonyl (C=O) groups excluding carboxylic acids is 1. The van der Waals surface area contributed by atoms with Crippen molar-refractivity contribution in [2.24, 2.45) is 0 Å². The van der Waals surface area contributed by atoms with E-state index in [1.165, 1.54) is 41.4 Å². The summed E-state index contributed by atoms with van der Waals surface area (Å²) in [6.07, 6.45) is 0.948. The molecule has 0 bridgehead atoms.